The number of cyclic esters (lactones) is 1. The number of carbonyl (C=O) groups excluding carboxylic acids is 1. The normalized spacial score (nSPS) is 23.4. The number of hydrogen-bond donors (Lipinski definition) is 0. The first-order valence-electron chi connectivity index (χ1n) is 13.9. The molecular weight excluding hydrogens is 498 g/mol. The lowest BCUT2D eigenvalue weighted by atomic mass is 10.1. The number of fused-ring (bicyclic) bond motifs is 5. The van der Waals surface area contributed by atoms with E-state index in [-0.39, 0.29) is 6.10 Å². The summed E-state index contributed by atoms with van der Waals surface area (Å²) in [5, 5.41) is 4.31. The molecule has 2 aromatic carbocycles. The minimum absolute atomic E-state index is 0.0345. The van der Waals surface area contributed by atoms with Gasteiger partial charge in [-0.1, -0.05) is 35.5 Å². The number of carbonyl (C=O) groups is 1. The van der Waals surface area contributed by atoms with Crippen molar-refractivity contribution in [1.82, 2.24) is 9.80 Å². The molecule has 2 aromatic rings. The quantitative estimate of drug-likeness (QED) is 0.317. The summed E-state index contributed by atoms with van der Waals surface area (Å²) in [4.78, 5) is 23.8. The largest absolute Gasteiger partial charge is 0.493 e. The summed E-state index contributed by atoms with van der Waals surface area (Å²) in [5.74, 6) is 0.935. The van der Waals surface area contributed by atoms with Crippen molar-refractivity contribution in [2.45, 2.75) is 38.2 Å². The molecule has 2 aliphatic heterocycles. The number of rotatable bonds is 5. The molecule has 4 rings (SSSR count). The highest BCUT2D eigenvalue weighted by atomic mass is 16.6. The Balaban J connectivity index is 1.48. The Kier molecular flexibility index (Phi) is 11.3. The van der Waals surface area contributed by atoms with Crippen molar-refractivity contribution in [3.05, 3.63) is 53.6 Å². The first-order valence-corrected chi connectivity index (χ1v) is 13.9. The minimum atomic E-state index is -0.398. The molecular formula is C30H41N3O6. The van der Waals surface area contributed by atoms with E-state index in [1.165, 1.54) is 7.11 Å². The number of oxime groups is 1. The van der Waals surface area contributed by atoms with E-state index in [4.69, 9.17) is 23.8 Å². The number of esters is 1. The predicted molar refractivity (Wildman–Crippen MR) is 150 cm³/mol. The lowest BCUT2D eigenvalue weighted by Gasteiger charge is -2.23. The van der Waals surface area contributed by atoms with Crippen LogP contribution >= 0.6 is 0 Å². The van der Waals surface area contributed by atoms with Crippen molar-refractivity contribution in [1.29, 1.82) is 0 Å². The second kappa shape index (κ2) is 15.3. The van der Waals surface area contributed by atoms with Crippen LogP contribution in [0.5, 0.6) is 17.2 Å². The Hall–Kier alpha value is -3.30. The predicted octanol–water partition coefficient (Wildman–Crippen LogP) is 4.24. The Bertz CT molecular complexity index is 1060. The molecule has 0 aromatic heterocycles. The molecule has 9 heteroatoms. The van der Waals surface area contributed by atoms with E-state index in [9.17, 15) is 4.79 Å². The van der Waals surface area contributed by atoms with Crippen molar-refractivity contribution < 1.29 is 28.6 Å². The number of ether oxygens (including phenoxy) is 4. The molecule has 0 spiro atoms. The fourth-order valence-corrected chi connectivity index (χ4v) is 4.95. The van der Waals surface area contributed by atoms with Crippen molar-refractivity contribution in [3.8, 4) is 17.2 Å². The van der Waals surface area contributed by atoms with Gasteiger partial charge in [-0.3, -0.25) is 0 Å². The van der Waals surface area contributed by atoms with E-state index in [2.05, 4.69) is 15.0 Å². The highest BCUT2D eigenvalue weighted by molar-refractivity contribution is 5.91. The molecule has 0 N–H and O–H groups in total. The van der Waals surface area contributed by atoms with Gasteiger partial charge in [0.25, 0.3) is 0 Å². The Morgan fingerprint density at radius 3 is 2.36 bits per heavy atom. The molecule has 2 aliphatic rings. The zero-order valence-electron chi connectivity index (χ0n) is 23.2. The molecule has 9 nitrogen and oxygen atoms in total. The molecule has 2 heterocycles. The highest BCUT2D eigenvalue weighted by Crippen LogP contribution is 2.38. The second-order valence-electron chi connectivity index (χ2n) is 9.89. The third-order valence-corrected chi connectivity index (χ3v) is 7.12. The van der Waals surface area contributed by atoms with Crippen LogP contribution in [0.3, 0.4) is 0 Å². The first kappa shape index (κ1) is 28.7. The van der Waals surface area contributed by atoms with Crippen LogP contribution in [0.2, 0.25) is 0 Å². The van der Waals surface area contributed by atoms with Crippen LogP contribution in [-0.2, 0) is 9.57 Å². The molecule has 2 unspecified atom stereocenters. The van der Waals surface area contributed by atoms with Crippen LogP contribution in [0.25, 0.3) is 0 Å². The number of hydrogen-bond acceptors (Lipinski definition) is 9. The van der Waals surface area contributed by atoms with Gasteiger partial charge in [0.05, 0.1) is 39.2 Å². The summed E-state index contributed by atoms with van der Waals surface area (Å²) in [6.45, 7) is 6.83. The zero-order valence-corrected chi connectivity index (χ0v) is 23.2. The topological polar surface area (TPSA) is 82.1 Å². The molecule has 1 fully saturated rings. The van der Waals surface area contributed by atoms with Gasteiger partial charge in [-0.05, 0) is 62.9 Å². The Morgan fingerprint density at radius 1 is 0.846 bits per heavy atom. The second-order valence-corrected chi connectivity index (χ2v) is 9.89. The molecule has 1 saturated heterocycles. The van der Waals surface area contributed by atoms with Crippen LogP contribution in [0.1, 0.15) is 48.0 Å². The summed E-state index contributed by atoms with van der Waals surface area (Å²) in [7, 11) is 3.10. The van der Waals surface area contributed by atoms with Crippen LogP contribution in [-0.4, -0.2) is 94.8 Å². The number of benzene rings is 2. The maximum absolute atomic E-state index is 12.8. The van der Waals surface area contributed by atoms with Crippen molar-refractivity contribution in [2.24, 2.45) is 5.16 Å². The van der Waals surface area contributed by atoms with Gasteiger partial charge in [0, 0.05) is 26.2 Å². The number of methoxy groups -OCH3 is 2. The lowest BCUT2D eigenvalue weighted by molar-refractivity contribution is 0.0363. The van der Waals surface area contributed by atoms with Crippen molar-refractivity contribution in [2.75, 3.05) is 66.7 Å². The SMILES string of the molecule is COc1cc2cc(c1OC)OCCC[C@H](O/N=C/c1ccccc1)CCN1CCCN(CCCOC2=O)CC1. The maximum Gasteiger partial charge on any atom is 0.338 e. The van der Waals surface area contributed by atoms with Gasteiger partial charge in [0.1, 0.15) is 6.10 Å². The van der Waals surface area contributed by atoms with Crippen molar-refractivity contribution >= 4 is 12.2 Å². The third-order valence-electron chi connectivity index (χ3n) is 7.12. The summed E-state index contributed by atoms with van der Waals surface area (Å²) < 4.78 is 22.7. The van der Waals surface area contributed by atoms with Crippen LogP contribution in [0.15, 0.2) is 47.6 Å². The van der Waals surface area contributed by atoms with Gasteiger partial charge in [0.15, 0.2) is 11.5 Å². The van der Waals surface area contributed by atoms with Crippen LogP contribution in [0, 0.1) is 0 Å². The van der Waals surface area contributed by atoms with Gasteiger partial charge in [0.2, 0.25) is 5.75 Å². The van der Waals surface area contributed by atoms with E-state index in [0.29, 0.717) is 36.0 Å². The van der Waals surface area contributed by atoms with Gasteiger partial charge < -0.3 is 33.6 Å². The smallest absolute Gasteiger partial charge is 0.338 e. The monoisotopic (exact) mass is 539 g/mol. The summed E-state index contributed by atoms with van der Waals surface area (Å²) in [6.07, 6.45) is 6.06. The molecule has 0 aliphatic carbocycles. The van der Waals surface area contributed by atoms with E-state index in [0.717, 1.165) is 76.9 Å². The molecule has 0 radical (unpaired) electrons. The Morgan fingerprint density at radius 2 is 1.59 bits per heavy atom. The van der Waals surface area contributed by atoms with Gasteiger partial charge >= 0.3 is 5.97 Å². The lowest BCUT2D eigenvalue weighted by Crippen LogP contribution is -2.33. The third kappa shape index (κ3) is 8.86. The molecule has 4 bridgehead atoms. The Labute approximate surface area is 231 Å². The van der Waals surface area contributed by atoms with E-state index in [1.807, 2.05) is 30.3 Å². The molecule has 0 saturated carbocycles. The average molecular weight is 540 g/mol. The highest BCUT2D eigenvalue weighted by Gasteiger charge is 2.21. The fourth-order valence-electron chi connectivity index (χ4n) is 4.95. The van der Waals surface area contributed by atoms with Crippen molar-refractivity contribution in [3.63, 3.8) is 0 Å². The maximum atomic E-state index is 12.8. The molecule has 212 valence electrons. The molecule has 0 amide bonds. The average Bonchev–Trinajstić information content (AvgIpc) is 3.20. The fraction of sp³-hybridized carbons (Fsp3) is 0.533. The van der Waals surface area contributed by atoms with E-state index < -0.39 is 5.97 Å². The first-order chi connectivity index (χ1) is 19.2. The summed E-state index contributed by atoms with van der Waals surface area (Å²) >= 11 is 0. The van der Waals surface area contributed by atoms with Crippen LogP contribution < -0.4 is 14.2 Å². The molecule has 39 heavy (non-hydrogen) atoms. The van der Waals surface area contributed by atoms with Gasteiger partial charge in [-0.15, -0.1) is 0 Å². The van der Waals surface area contributed by atoms with E-state index >= 15 is 0 Å². The standard InChI is InChI=1S/C30H41N3O6/c1-35-27-21-25-22-28(29(27)36-2)37-19-6-11-26(39-31-23-24-9-4-3-5-10-24)12-16-33-14-7-13-32(17-18-33)15-8-20-38-30(25)34/h3-5,9-10,21-23,26H,6-8,11-20H2,1-2H3/b31-23+/t26-/m0/s1. The van der Waals surface area contributed by atoms with Crippen LogP contribution in [0.4, 0.5) is 0 Å². The number of nitrogens with zero attached hydrogens (tertiary/aromatic N) is 3. The summed E-state index contributed by atoms with van der Waals surface area (Å²) in [5.41, 5.74) is 1.38. The minimum Gasteiger partial charge on any atom is -0.493 e. The van der Waals surface area contributed by atoms with Gasteiger partial charge in [-0.25, -0.2) is 4.79 Å². The van der Waals surface area contributed by atoms with Gasteiger partial charge in [-0.2, -0.15) is 0 Å². The summed E-state index contributed by atoms with van der Waals surface area (Å²) in [6, 6.07) is 13.3. The van der Waals surface area contributed by atoms with E-state index in [1.54, 1.807) is 25.5 Å². The zero-order chi connectivity index (χ0) is 27.3. The molecule has 3 atom stereocenters.